The number of nitrogens with one attached hydrogen (secondary N) is 1. The zero-order valence-corrected chi connectivity index (χ0v) is 12.2. The molecule has 0 radical (unpaired) electrons. The summed E-state index contributed by atoms with van der Waals surface area (Å²) in [6, 6.07) is 0.870. The van der Waals surface area contributed by atoms with Gasteiger partial charge in [-0.2, -0.15) is 0 Å². The highest BCUT2D eigenvalue weighted by Gasteiger charge is 2.30. The third-order valence-electron chi connectivity index (χ3n) is 3.93. The van der Waals surface area contributed by atoms with E-state index in [4.69, 9.17) is 4.74 Å². The lowest BCUT2D eigenvalue weighted by atomic mass is 9.99. The predicted molar refractivity (Wildman–Crippen MR) is 75.8 cm³/mol. The summed E-state index contributed by atoms with van der Waals surface area (Å²) in [7, 11) is 0. The van der Waals surface area contributed by atoms with Gasteiger partial charge in [0, 0.05) is 25.7 Å². The van der Waals surface area contributed by atoms with Crippen LogP contribution in [0.4, 0.5) is 0 Å². The third-order valence-corrected chi connectivity index (χ3v) is 3.93. The lowest BCUT2D eigenvalue weighted by molar-refractivity contribution is 0.0764. The minimum atomic E-state index is 0.655. The average molecular weight is 254 g/mol. The van der Waals surface area contributed by atoms with Crippen LogP contribution in [0.5, 0.6) is 0 Å². The number of rotatable bonds is 8. The van der Waals surface area contributed by atoms with Crippen LogP contribution in [0.3, 0.4) is 0 Å². The molecule has 0 bridgehead atoms. The summed E-state index contributed by atoms with van der Waals surface area (Å²) in [5.74, 6) is 1.52. The van der Waals surface area contributed by atoms with Crippen molar-refractivity contribution in [2.45, 2.75) is 45.6 Å². The highest BCUT2D eigenvalue weighted by Crippen LogP contribution is 2.28. The second kappa shape index (κ2) is 7.46. The van der Waals surface area contributed by atoms with Crippen molar-refractivity contribution in [3.63, 3.8) is 0 Å². The molecule has 0 amide bonds. The molecule has 2 aliphatic rings. The quantitative estimate of drug-likeness (QED) is 0.672. The first-order valence-corrected chi connectivity index (χ1v) is 7.78. The van der Waals surface area contributed by atoms with Crippen LogP contribution in [-0.2, 0) is 4.74 Å². The molecule has 3 heteroatoms. The summed E-state index contributed by atoms with van der Waals surface area (Å²) in [6.45, 7) is 11.1. The normalized spacial score (nSPS) is 25.0. The lowest BCUT2D eigenvalue weighted by Crippen LogP contribution is -2.40. The second-order valence-corrected chi connectivity index (χ2v) is 6.41. The maximum Gasteiger partial charge on any atom is 0.0593 e. The van der Waals surface area contributed by atoms with Crippen molar-refractivity contribution in [1.82, 2.24) is 10.2 Å². The summed E-state index contributed by atoms with van der Waals surface area (Å²) in [5, 5.41) is 3.52. The largest absolute Gasteiger partial charge is 0.380 e. The molecule has 0 aromatic rings. The van der Waals surface area contributed by atoms with Crippen molar-refractivity contribution >= 4 is 0 Å². The molecule has 2 fully saturated rings. The monoisotopic (exact) mass is 254 g/mol. The summed E-state index contributed by atoms with van der Waals surface area (Å²) in [4.78, 5) is 2.68. The molecule has 0 aromatic carbocycles. The number of ether oxygens (including phenoxy) is 1. The maximum atomic E-state index is 5.74. The topological polar surface area (TPSA) is 24.5 Å². The van der Waals surface area contributed by atoms with Crippen LogP contribution >= 0.6 is 0 Å². The van der Waals surface area contributed by atoms with E-state index in [1.165, 1.54) is 45.3 Å². The van der Waals surface area contributed by atoms with Gasteiger partial charge in [0.25, 0.3) is 0 Å². The molecule has 3 nitrogen and oxygen atoms in total. The Balaban J connectivity index is 1.64. The summed E-state index contributed by atoms with van der Waals surface area (Å²) in [6.07, 6.45) is 5.57. The van der Waals surface area contributed by atoms with Gasteiger partial charge in [-0.1, -0.05) is 13.8 Å². The molecule has 1 saturated heterocycles. The highest BCUT2D eigenvalue weighted by atomic mass is 16.5. The molecular formula is C15H30N2O. The van der Waals surface area contributed by atoms with Gasteiger partial charge < -0.3 is 10.1 Å². The van der Waals surface area contributed by atoms with Gasteiger partial charge in [0.2, 0.25) is 0 Å². The van der Waals surface area contributed by atoms with Gasteiger partial charge in [-0.25, -0.2) is 0 Å². The van der Waals surface area contributed by atoms with Crippen LogP contribution in [0.25, 0.3) is 0 Å². The molecule has 1 heterocycles. The fourth-order valence-corrected chi connectivity index (χ4v) is 2.77. The number of piperidine rings is 1. The number of hydrogen-bond donors (Lipinski definition) is 1. The van der Waals surface area contributed by atoms with Crippen molar-refractivity contribution in [3.8, 4) is 0 Å². The SMILES string of the molecule is CC(C)COCCN(CC1CCCNC1)C1CC1. The molecule has 1 unspecified atom stereocenters. The first kappa shape index (κ1) is 14.3. The Kier molecular flexibility index (Phi) is 5.93. The van der Waals surface area contributed by atoms with Crippen molar-refractivity contribution < 1.29 is 4.74 Å². The van der Waals surface area contributed by atoms with E-state index >= 15 is 0 Å². The maximum absolute atomic E-state index is 5.74. The van der Waals surface area contributed by atoms with Gasteiger partial charge >= 0.3 is 0 Å². The second-order valence-electron chi connectivity index (χ2n) is 6.41. The van der Waals surface area contributed by atoms with E-state index in [1.807, 2.05) is 0 Å². The third kappa shape index (κ3) is 5.25. The smallest absolute Gasteiger partial charge is 0.0593 e. The van der Waals surface area contributed by atoms with Crippen LogP contribution < -0.4 is 5.32 Å². The van der Waals surface area contributed by atoms with Crippen molar-refractivity contribution in [2.75, 3.05) is 39.4 Å². The molecule has 1 N–H and O–H groups in total. The van der Waals surface area contributed by atoms with E-state index in [1.54, 1.807) is 0 Å². The Labute approximate surface area is 112 Å². The van der Waals surface area contributed by atoms with Gasteiger partial charge in [-0.15, -0.1) is 0 Å². The Morgan fingerprint density at radius 2 is 2.11 bits per heavy atom. The molecule has 106 valence electrons. The fraction of sp³-hybridized carbons (Fsp3) is 1.00. The first-order chi connectivity index (χ1) is 8.75. The Hall–Kier alpha value is -0.120. The highest BCUT2D eigenvalue weighted by molar-refractivity contribution is 4.86. The van der Waals surface area contributed by atoms with Crippen molar-refractivity contribution in [3.05, 3.63) is 0 Å². The van der Waals surface area contributed by atoms with Crippen molar-refractivity contribution in [1.29, 1.82) is 0 Å². The number of hydrogen-bond acceptors (Lipinski definition) is 3. The van der Waals surface area contributed by atoms with E-state index in [-0.39, 0.29) is 0 Å². The van der Waals surface area contributed by atoms with Crippen LogP contribution in [0, 0.1) is 11.8 Å². The molecular weight excluding hydrogens is 224 g/mol. The minimum Gasteiger partial charge on any atom is -0.380 e. The van der Waals surface area contributed by atoms with E-state index in [0.717, 1.165) is 31.7 Å². The van der Waals surface area contributed by atoms with Crippen LogP contribution in [-0.4, -0.2) is 50.3 Å². The zero-order valence-electron chi connectivity index (χ0n) is 12.2. The molecule has 1 aliphatic heterocycles. The Morgan fingerprint density at radius 3 is 2.72 bits per heavy atom. The summed E-state index contributed by atoms with van der Waals surface area (Å²) in [5.41, 5.74) is 0. The molecule has 18 heavy (non-hydrogen) atoms. The van der Waals surface area contributed by atoms with Crippen LogP contribution in [0.1, 0.15) is 39.5 Å². The van der Waals surface area contributed by atoms with Crippen molar-refractivity contribution in [2.24, 2.45) is 11.8 Å². The van der Waals surface area contributed by atoms with E-state index in [0.29, 0.717) is 5.92 Å². The molecule has 0 spiro atoms. The van der Waals surface area contributed by atoms with E-state index in [2.05, 4.69) is 24.1 Å². The van der Waals surface area contributed by atoms with E-state index < -0.39 is 0 Å². The van der Waals surface area contributed by atoms with Gasteiger partial charge in [-0.05, 0) is 50.6 Å². The zero-order chi connectivity index (χ0) is 12.8. The summed E-state index contributed by atoms with van der Waals surface area (Å²) >= 11 is 0. The lowest BCUT2D eigenvalue weighted by Gasteiger charge is -2.30. The summed E-state index contributed by atoms with van der Waals surface area (Å²) < 4.78 is 5.74. The molecule has 1 saturated carbocycles. The van der Waals surface area contributed by atoms with E-state index in [9.17, 15) is 0 Å². The molecule has 1 atom stereocenters. The van der Waals surface area contributed by atoms with Gasteiger partial charge in [0.05, 0.1) is 6.61 Å². The standard InChI is InChI=1S/C15H30N2O/c1-13(2)12-18-9-8-17(15-5-6-15)11-14-4-3-7-16-10-14/h13-16H,3-12H2,1-2H3. The van der Waals surface area contributed by atoms with Gasteiger partial charge in [0.15, 0.2) is 0 Å². The molecule has 2 rings (SSSR count). The van der Waals surface area contributed by atoms with Crippen LogP contribution in [0.2, 0.25) is 0 Å². The fourth-order valence-electron chi connectivity index (χ4n) is 2.77. The van der Waals surface area contributed by atoms with Crippen LogP contribution in [0.15, 0.2) is 0 Å². The van der Waals surface area contributed by atoms with Gasteiger partial charge in [0.1, 0.15) is 0 Å². The molecule has 0 aromatic heterocycles. The number of nitrogens with zero attached hydrogens (tertiary/aromatic N) is 1. The Morgan fingerprint density at radius 1 is 1.28 bits per heavy atom. The molecule has 1 aliphatic carbocycles. The average Bonchev–Trinajstić information content (AvgIpc) is 3.18. The minimum absolute atomic E-state index is 0.655. The first-order valence-electron chi connectivity index (χ1n) is 7.78. The predicted octanol–water partition coefficient (Wildman–Crippen LogP) is 2.12. The van der Waals surface area contributed by atoms with Gasteiger partial charge in [-0.3, -0.25) is 4.90 Å². The Bertz CT molecular complexity index is 223.